The number of anilines is 2. The Morgan fingerprint density at radius 3 is 2.73 bits per heavy atom. The van der Waals surface area contributed by atoms with Crippen molar-refractivity contribution in [2.45, 2.75) is 38.5 Å². The lowest BCUT2D eigenvalue weighted by Gasteiger charge is -2.28. The van der Waals surface area contributed by atoms with E-state index in [0.29, 0.717) is 24.5 Å². The molecule has 0 aliphatic carbocycles. The number of hydrogen-bond donors (Lipinski definition) is 1. The van der Waals surface area contributed by atoms with E-state index in [1.165, 1.54) is 11.8 Å². The van der Waals surface area contributed by atoms with Crippen molar-refractivity contribution in [1.82, 2.24) is 4.98 Å². The fourth-order valence-electron chi connectivity index (χ4n) is 4.26. The maximum atomic E-state index is 11.5. The van der Waals surface area contributed by atoms with Gasteiger partial charge in [0.1, 0.15) is 11.5 Å². The Morgan fingerprint density at radius 1 is 1.18 bits per heavy atom. The van der Waals surface area contributed by atoms with Crippen LogP contribution in [0.3, 0.4) is 0 Å². The lowest BCUT2D eigenvalue weighted by atomic mass is 9.87. The summed E-state index contributed by atoms with van der Waals surface area (Å²) in [7, 11) is 2.04. The van der Waals surface area contributed by atoms with Gasteiger partial charge in [0.15, 0.2) is 0 Å². The van der Waals surface area contributed by atoms with E-state index in [4.69, 9.17) is 9.47 Å². The van der Waals surface area contributed by atoms with Crippen molar-refractivity contribution in [3.63, 3.8) is 0 Å². The van der Waals surface area contributed by atoms with E-state index in [0.717, 1.165) is 54.3 Å². The number of carbonyl (C=O) groups is 1. The number of aromatic nitrogens is 1. The predicted molar refractivity (Wildman–Crippen MR) is 129 cm³/mol. The second-order valence-electron chi connectivity index (χ2n) is 8.33. The molecule has 0 spiro atoms. The molecule has 1 atom stereocenters. The topological polar surface area (TPSA) is 71.9 Å². The van der Waals surface area contributed by atoms with Gasteiger partial charge in [-0.1, -0.05) is 13.0 Å². The Balaban J connectivity index is 1.47. The first kappa shape index (κ1) is 22.6. The van der Waals surface area contributed by atoms with Gasteiger partial charge in [0.25, 0.3) is 0 Å². The van der Waals surface area contributed by atoms with Crippen molar-refractivity contribution >= 4 is 17.3 Å². The molecule has 0 amide bonds. The van der Waals surface area contributed by atoms with Crippen LogP contribution in [-0.4, -0.2) is 36.3 Å². The van der Waals surface area contributed by atoms with Crippen molar-refractivity contribution in [1.29, 1.82) is 0 Å². The van der Waals surface area contributed by atoms with Gasteiger partial charge in [-0.25, -0.2) is 4.79 Å². The van der Waals surface area contributed by atoms with Gasteiger partial charge in [-0.2, -0.15) is 0 Å². The Hall–Kier alpha value is -3.54. The first-order valence-electron chi connectivity index (χ1n) is 11.5. The zero-order chi connectivity index (χ0) is 23.2. The number of pyridine rings is 1. The van der Waals surface area contributed by atoms with E-state index < -0.39 is 5.97 Å². The van der Waals surface area contributed by atoms with Gasteiger partial charge in [0.2, 0.25) is 0 Å². The molecule has 0 saturated heterocycles. The van der Waals surface area contributed by atoms with Gasteiger partial charge in [-0.05, 0) is 79.1 Å². The van der Waals surface area contributed by atoms with Crippen LogP contribution in [-0.2, 0) is 6.42 Å². The smallest absolute Gasteiger partial charge is 0.336 e. The maximum Gasteiger partial charge on any atom is 0.336 e. The number of hydrogen-bond acceptors (Lipinski definition) is 5. The first-order valence-corrected chi connectivity index (χ1v) is 11.5. The number of carboxylic acids is 1. The van der Waals surface area contributed by atoms with Crippen LogP contribution in [0.25, 0.3) is 0 Å². The minimum absolute atomic E-state index is 0.324. The molecule has 172 valence electrons. The number of rotatable bonds is 9. The summed E-state index contributed by atoms with van der Waals surface area (Å²) in [5, 5.41) is 9.43. The number of ether oxygens (including phenoxy) is 2. The third kappa shape index (κ3) is 5.28. The highest BCUT2D eigenvalue weighted by Gasteiger charge is 2.23. The van der Waals surface area contributed by atoms with Gasteiger partial charge in [-0.15, -0.1) is 0 Å². The summed E-state index contributed by atoms with van der Waals surface area (Å²) < 4.78 is 11.7. The monoisotopic (exact) mass is 446 g/mol. The Bertz CT molecular complexity index is 1100. The van der Waals surface area contributed by atoms with Gasteiger partial charge in [0, 0.05) is 36.9 Å². The number of fused-ring (bicyclic) bond motifs is 1. The van der Waals surface area contributed by atoms with E-state index in [2.05, 4.69) is 47.1 Å². The fraction of sp³-hybridized carbons (Fsp3) is 0.333. The van der Waals surface area contributed by atoms with Crippen molar-refractivity contribution in [2.75, 3.05) is 25.2 Å². The number of benzene rings is 2. The minimum Gasteiger partial charge on any atom is -0.494 e. The lowest BCUT2D eigenvalue weighted by Crippen LogP contribution is -2.17. The van der Waals surface area contributed by atoms with E-state index in [1.807, 2.05) is 19.2 Å². The summed E-state index contributed by atoms with van der Waals surface area (Å²) in [5.41, 5.74) is 4.42. The van der Waals surface area contributed by atoms with Gasteiger partial charge in [0.05, 0.1) is 18.8 Å². The summed E-state index contributed by atoms with van der Waals surface area (Å²) in [4.78, 5) is 17.7. The Kier molecular flexibility index (Phi) is 7.13. The molecular weight excluding hydrogens is 416 g/mol. The van der Waals surface area contributed by atoms with Crippen molar-refractivity contribution in [3.8, 4) is 11.5 Å². The van der Waals surface area contributed by atoms with Crippen LogP contribution in [0.15, 0.2) is 60.9 Å². The number of aryl methyl sites for hydroxylation is 1. The second-order valence-corrected chi connectivity index (χ2v) is 8.33. The third-order valence-corrected chi connectivity index (χ3v) is 6.14. The van der Waals surface area contributed by atoms with E-state index in [1.54, 1.807) is 12.3 Å². The molecule has 0 saturated carbocycles. The molecule has 33 heavy (non-hydrogen) atoms. The summed E-state index contributed by atoms with van der Waals surface area (Å²) >= 11 is 0. The average Bonchev–Trinajstić information content (AvgIpc) is 2.85. The van der Waals surface area contributed by atoms with E-state index >= 15 is 0 Å². The van der Waals surface area contributed by atoms with Crippen LogP contribution in [0.2, 0.25) is 0 Å². The van der Waals surface area contributed by atoms with Crippen molar-refractivity contribution in [2.24, 2.45) is 0 Å². The highest BCUT2D eigenvalue weighted by atomic mass is 16.5. The van der Waals surface area contributed by atoms with Crippen LogP contribution in [0.4, 0.5) is 11.4 Å². The summed E-state index contributed by atoms with van der Waals surface area (Å²) in [6.07, 6.45) is 6.63. The molecule has 1 aliphatic heterocycles. The van der Waals surface area contributed by atoms with Crippen LogP contribution in [0.5, 0.6) is 11.5 Å². The molecule has 2 aromatic carbocycles. The standard InChI is InChI=1S/C27H30N2O4/c1-3-15-32-23-9-6-21(7-10-23)29(2)22-8-11-24-19(13-16-33-26(24)17-22)4-5-20-18-28-14-12-25(20)27(30)31/h6-12,14,17-19H,3-5,13,15-16H2,1-2H3,(H,30,31)/t19-/m1/s1. The SMILES string of the molecule is CCCOc1ccc(N(C)c2ccc3c(c2)OCC[C@H]3CCc2cnccc2C(=O)O)cc1. The molecule has 1 aliphatic rings. The fourth-order valence-corrected chi connectivity index (χ4v) is 4.26. The number of nitrogens with zero attached hydrogens (tertiary/aromatic N) is 2. The molecule has 0 unspecified atom stereocenters. The molecule has 3 aromatic rings. The lowest BCUT2D eigenvalue weighted by molar-refractivity contribution is 0.0695. The summed E-state index contributed by atoms with van der Waals surface area (Å²) in [6.45, 7) is 3.47. The minimum atomic E-state index is -0.905. The largest absolute Gasteiger partial charge is 0.494 e. The molecule has 6 nitrogen and oxygen atoms in total. The quantitative estimate of drug-likeness (QED) is 0.445. The van der Waals surface area contributed by atoms with Gasteiger partial charge >= 0.3 is 5.97 Å². The molecule has 1 aromatic heterocycles. The average molecular weight is 447 g/mol. The van der Waals surface area contributed by atoms with Gasteiger partial charge < -0.3 is 19.5 Å². The first-order chi connectivity index (χ1) is 16.1. The predicted octanol–water partition coefficient (Wildman–Crippen LogP) is 5.84. The zero-order valence-electron chi connectivity index (χ0n) is 19.2. The van der Waals surface area contributed by atoms with Crippen LogP contribution >= 0.6 is 0 Å². The normalized spacial score (nSPS) is 14.8. The molecule has 1 N–H and O–H groups in total. The zero-order valence-corrected chi connectivity index (χ0v) is 19.2. The molecular formula is C27H30N2O4. The second kappa shape index (κ2) is 10.4. The Morgan fingerprint density at radius 2 is 1.97 bits per heavy atom. The molecule has 6 heteroatoms. The molecule has 0 bridgehead atoms. The molecule has 4 rings (SSSR count). The van der Waals surface area contributed by atoms with Crippen molar-refractivity contribution in [3.05, 3.63) is 77.6 Å². The van der Waals surface area contributed by atoms with E-state index in [-0.39, 0.29) is 0 Å². The van der Waals surface area contributed by atoms with Crippen LogP contribution in [0, 0.1) is 0 Å². The van der Waals surface area contributed by atoms with Gasteiger partial charge in [-0.3, -0.25) is 4.98 Å². The maximum absolute atomic E-state index is 11.5. The van der Waals surface area contributed by atoms with E-state index in [9.17, 15) is 9.90 Å². The number of carboxylic acid groups (broad SMARTS) is 1. The van der Waals surface area contributed by atoms with Crippen LogP contribution in [0.1, 0.15) is 53.6 Å². The highest BCUT2D eigenvalue weighted by molar-refractivity contribution is 5.89. The van der Waals surface area contributed by atoms with Crippen molar-refractivity contribution < 1.29 is 19.4 Å². The Labute approximate surface area is 194 Å². The summed E-state index contributed by atoms with van der Waals surface area (Å²) in [5.74, 6) is 1.20. The molecule has 2 heterocycles. The van der Waals surface area contributed by atoms with Crippen LogP contribution < -0.4 is 14.4 Å². The number of aromatic carboxylic acids is 1. The molecule has 0 fully saturated rings. The highest BCUT2D eigenvalue weighted by Crippen LogP contribution is 2.40. The third-order valence-electron chi connectivity index (χ3n) is 6.14. The molecule has 0 radical (unpaired) electrons. The summed E-state index contributed by atoms with van der Waals surface area (Å²) in [6, 6.07) is 16.0.